The van der Waals surface area contributed by atoms with Gasteiger partial charge in [-0.3, -0.25) is 5.01 Å². The molecule has 0 fully saturated rings. The molecule has 1 aliphatic rings. The Balaban J connectivity index is 2.90. The lowest BCUT2D eigenvalue weighted by atomic mass is 10.6. The molecule has 0 amide bonds. The SMILES string of the molecule is CC(O)N1CN(N)C(N(C#N)[N+](=O)[O-])=N1. The lowest BCUT2D eigenvalue weighted by Gasteiger charge is -2.17. The van der Waals surface area contributed by atoms with E-state index in [4.69, 9.17) is 16.2 Å². The van der Waals surface area contributed by atoms with Crippen LogP contribution in [-0.2, 0) is 0 Å². The van der Waals surface area contributed by atoms with Gasteiger partial charge in [0.1, 0.15) is 12.9 Å². The summed E-state index contributed by atoms with van der Waals surface area (Å²) >= 11 is 0. The van der Waals surface area contributed by atoms with E-state index in [1.54, 1.807) is 0 Å². The molecule has 1 atom stereocenters. The molecule has 10 heteroatoms. The summed E-state index contributed by atoms with van der Waals surface area (Å²) in [6.07, 6.45) is 0.363. The van der Waals surface area contributed by atoms with Gasteiger partial charge in [-0.25, -0.2) is 21.0 Å². The van der Waals surface area contributed by atoms with E-state index >= 15 is 0 Å². The molecule has 15 heavy (non-hydrogen) atoms. The molecule has 1 aliphatic heterocycles. The van der Waals surface area contributed by atoms with E-state index < -0.39 is 11.3 Å². The maximum Gasteiger partial charge on any atom is 0.316 e. The van der Waals surface area contributed by atoms with E-state index in [9.17, 15) is 10.1 Å². The van der Waals surface area contributed by atoms with Crippen molar-refractivity contribution in [3.63, 3.8) is 0 Å². The molecule has 0 aromatic carbocycles. The summed E-state index contributed by atoms with van der Waals surface area (Å²) in [5, 5.41) is 32.8. The molecule has 0 bridgehead atoms. The van der Waals surface area contributed by atoms with Gasteiger partial charge in [0.15, 0.2) is 5.03 Å². The number of hydrogen-bond donors (Lipinski definition) is 2. The maximum absolute atomic E-state index is 10.4. The highest BCUT2D eigenvalue weighted by atomic mass is 16.7. The average molecular weight is 215 g/mol. The molecule has 1 unspecified atom stereocenters. The van der Waals surface area contributed by atoms with Gasteiger partial charge < -0.3 is 5.11 Å². The van der Waals surface area contributed by atoms with Crippen LogP contribution in [0.5, 0.6) is 0 Å². The number of hydrazine groups is 2. The molecule has 1 rings (SSSR count). The predicted molar refractivity (Wildman–Crippen MR) is 46.3 cm³/mol. The number of nitrogens with zero attached hydrogens (tertiary/aromatic N) is 6. The van der Waals surface area contributed by atoms with Gasteiger partial charge in [0.2, 0.25) is 0 Å². The summed E-state index contributed by atoms with van der Waals surface area (Å²) in [4.78, 5) is 10.4. The standard InChI is InChI=1S/C5H9N7O3/c1-4(13)10-3-9(7)5(8-10)11(2-6)12(14)15/h4,13H,3,7H2,1H3. The number of rotatable bonds is 2. The summed E-state index contributed by atoms with van der Waals surface area (Å²) in [6.45, 7) is 1.39. The fourth-order valence-electron chi connectivity index (χ4n) is 0.943. The number of nitriles is 1. The fraction of sp³-hybridized carbons (Fsp3) is 0.600. The number of nitrogens with two attached hydrogens (primary N) is 1. The average Bonchev–Trinajstić information content (AvgIpc) is 2.49. The first-order valence-corrected chi connectivity index (χ1v) is 3.87. The number of aliphatic hydroxyl groups is 1. The third-order valence-corrected chi connectivity index (χ3v) is 1.65. The second-order valence-corrected chi connectivity index (χ2v) is 2.73. The number of hydrazone groups is 1. The van der Waals surface area contributed by atoms with Crippen molar-refractivity contribution in [1.29, 1.82) is 5.26 Å². The Kier molecular flexibility index (Phi) is 2.88. The minimum Gasteiger partial charge on any atom is -0.372 e. The van der Waals surface area contributed by atoms with Gasteiger partial charge in [-0.15, -0.1) is 5.10 Å². The van der Waals surface area contributed by atoms with E-state index in [1.807, 2.05) is 0 Å². The molecule has 0 aromatic rings. The van der Waals surface area contributed by atoms with Crippen molar-refractivity contribution in [2.24, 2.45) is 10.9 Å². The zero-order valence-electron chi connectivity index (χ0n) is 7.81. The summed E-state index contributed by atoms with van der Waals surface area (Å²) in [5.74, 6) is 5.03. The van der Waals surface area contributed by atoms with Gasteiger partial charge in [-0.2, -0.15) is 5.26 Å². The Bertz CT molecular complexity index is 334. The van der Waals surface area contributed by atoms with Crippen LogP contribution in [0.3, 0.4) is 0 Å². The van der Waals surface area contributed by atoms with Gasteiger partial charge in [0.25, 0.3) is 6.19 Å². The molecule has 0 spiro atoms. The van der Waals surface area contributed by atoms with Crippen molar-refractivity contribution in [2.45, 2.75) is 13.2 Å². The zero-order chi connectivity index (χ0) is 11.6. The molecule has 0 aromatic heterocycles. The highest BCUT2D eigenvalue weighted by Gasteiger charge is 2.34. The first-order valence-electron chi connectivity index (χ1n) is 3.87. The predicted octanol–water partition coefficient (Wildman–Crippen LogP) is -1.98. The van der Waals surface area contributed by atoms with Crippen molar-refractivity contribution < 1.29 is 10.1 Å². The Morgan fingerprint density at radius 3 is 2.87 bits per heavy atom. The van der Waals surface area contributed by atoms with E-state index in [0.29, 0.717) is 0 Å². The van der Waals surface area contributed by atoms with E-state index in [1.165, 1.54) is 13.1 Å². The highest BCUT2D eigenvalue weighted by Crippen LogP contribution is 2.09. The molecule has 0 radical (unpaired) electrons. The van der Waals surface area contributed by atoms with Crippen LogP contribution in [-0.4, -0.2) is 44.0 Å². The Labute approximate surface area is 84.5 Å². The van der Waals surface area contributed by atoms with Crippen molar-refractivity contribution in [2.75, 3.05) is 6.67 Å². The Hall–Kier alpha value is -2.12. The number of hydrogen-bond acceptors (Lipinski definition) is 8. The van der Waals surface area contributed by atoms with Gasteiger partial charge in [0, 0.05) is 5.01 Å². The summed E-state index contributed by atoms with van der Waals surface area (Å²) in [5.41, 5.74) is 0. The van der Waals surface area contributed by atoms with Crippen molar-refractivity contribution in [1.82, 2.24) is 15.0 Å². The normalized spacial score (nSPS) is 17.1. The highest BCUT2D eigenvalue weighted by molar-refractivity contribution is 5.80. The molecule has 0 aliphatic carbocycles. The third kappa shape index (κ3) is 2.03. The van der Waals surface area contributed by atoms with Gasteiger partial charge in [0.05, 0.1) is 0 Å². The number of guanidine groups is 1. The lowest BCUT2D eigenvalue weighted by Crippen LogP contribution is -2.46. The molecule has 0 saturated carbocycles. The van der Waals surface area contributed by atoms with Crippen LogP contribution in [0.25, 0.3) is 0 Å². The maximum atomic E-state index is 10.4. The first kappa shape index (κ1) is 11.0. The molecule has 82 valence electrons. The van der Waals surface area contributed by atoms with Crippen LogP contribution < -0.4 is 5.84 Å². The molecule has 10 nitrogen and oxygen atoms in total. The molecule has 1 heterocycles. The lowest BCUT2D eigenvalue weighted by molar-refractivity contribution is -0.612. The summed E-state index contributed by atoms with van der Waals surface area (Å²) in [6, 6.07) is 0. The molecular weight excluding hydrogens is 206 g/mol. The topological polar surface area (TPSA) is 135 Å². The molecule has 0 saturated heterocycles. The van der Waals surface area contributed by atoms with Crippen LogP contribution in [0.15, 0.2) is 5.10 Å². The summed E-state index contributed by atoms with van der Waals surface area (Å²) < 4.78 is 0. The second-order valence-electron chi connectivity index (χ2n) is 2.73. The third-order valence-electron chi connectivity index (χ3n) is 1.65. The molecular formula is C5H9N7O3. The zero-order valence-corrected chi connectivity index (χ0v) is 7.81. The van der Waals surface area contributed by atoms with E-state index in [2.05, 4.69) is 5.10 Å². The molecule has 3 N–H and O–H groups in total. The Morgan fingerprint density at radius 2 is 2.53 bits per heavy atom. The van der Waals surface area contributed by atoms with E-state index in [0.717, 1.165) is 10.0 Å². The van der Waals surface area contributed by atoms with Crippen molar-refractivity contribution in [3.8, 4) is 6.19 Å². The van der Waals surface area contributed by atoms with E-state index in [-0.39, 0.29) is 17.6 Å². The monoisotopic (exact) mass is 215 g/mol. The van der Waals surface area contributed by atoms with Crippen LogP contribution >= 0.6 is 0 Å². The van der Waals surface area contributed by atoms with Gasteiger partial charge in [-0.05, 0) is 6.92 Å². The second kappa shape index (κ2) is 3.95. The van der Waals surface area contributed by atoms with Gasteiger partial charge in [-0.1, -0.05) is 0 Å². The van der Waals surface area contributed by atoms with Crippen molar-refractivity contribution >= 4 is 5.96 Å². The smallest absolute Gasteiger partial charge is 0.316 e. The van der Waals surface area contributed by atoms with Crippen molar-refractivity contribution in [3.05, 3.63) is 10.1 Å². The van der Waals surface area contributed by atoms with Crippen LogP contribution in [0, 0.1) is 21.6 Å². The van der Waals surface area contributed by atoms with Crippen LogP contribution in [0.1, 0.15) is 6.92 Å². The minimum atomic E-state index is -0.954. The largest absolute Gasteiger partial charge is 0.372 e. The first-order chi connectivity index (χ1) is 6.97. The van der Waals surface area contributed by atoms with Crippen LogP contribution in [0.4, 0.5) is 0 Å². The van der Waals surface area contributed by atoms with Crippen LogP contribution in [0.2, 0.25) is 0 Å². The number of aliphatic hydroxyl groups excluding tert-OH is 1. The minimum absolute atomic E-state index is 0.0287. The Morgan fingerprint density at radius 1 is 1.93 bits per heavy atom. The number of nitro groups is 1. The summed E-state index contributed by atoms with van der Waals surface area (Å²) in [7, 11) is 0. The van der Waals surface area contributed by atoms with Gasteiger partial charge >= 0.3 is 5.96 Å². The fourth-order valence-corrected chi connectivity index (χ4v) is 0.943. The quantitative estimate of drug-likeness (QED) is 0.178.